The Morgan fingerprint density at radius 3 is 2.54 bits per heavy atom. The molecule has 148 valence electrons. The van der Waals surface area contributed by atoms with Crippen LogP contribution in [0.25, 0.3) is 10.2 Å². The number of thiazole rings is 1. The van der Waals surface area contributed by atoms with Crippen molar-refractivity contribution in [3.8, 4) is 5.75 Å². The van der Waals surface area contributed by atoms with Crippen LogP contribution >= 0.6 is 11.3 Å². The lowest BCUT2D eigenvalue weighted by Crippen LogP contribution is -2.39. The van der Waals surface area contributed by atoms with Crippen molar-refractivity contribution in [3.05, 3.63) is 53.5 Å². The molecule has 0 bridgehead atoms. The Labute approximate surface area is 163 Å². The summed E-state index contributed by atoms with van der Waals surface area (Å²) >= 11 is 1.57. The number of halogens is 3. The van der Waals surface area contributed by atoms with E-state index in [4.69, 9.17) is 0 Å². The molecular formula is C19H18F3N3O2S. The van der Waals surface area contributed by atoms with E-state index in [0.717, 1.165) is 27.4 Å². The fraction of sp³-hybridized carbons (Fsp3) is 0.263. The van der Waals surface area contributed by atoms with Crippen molar-refractivity contribution in [3.63, 3.8) is 0 Å². The molecule has 1 amide bonds. The molecule has 1 heterocycles. The van der Waals surface area contributed by atoms with E-state index >= 15 is 0 Å². The van der Waals surface area contributed by atoms with Crippen LogP contribution in [-0.2, 0) is 11.3 Å². The Bertz CT molecular complexity index is 924. The Morgan fingerprint density at radius 2 is 1.89 bits per heavy atom. The molecule has 3 rings (SSSR count). The standard InChI is InChI=1S/C19H18F3N3O2S/c1-12(25(2)11-17-24-15-5-3-4-6-16(15)28-17)18(26)23-13-7-9-14(10-8-13)27-19(20,21)22/h3-10,12H,11H2,1-2H3,(H,23,26). The van der Waals surface area contributed by atoms with Gasteiger partial charge in [0.05, 0.1) is 22.8 Å². The minimum atomic E-state index is -4.75. The van der Waals surface area contributed by atoms with Crippen LogP contribution in [0.2, 0.25) is 0 Å². The third-order valence-corrected chi connectivity index (χ3v) is 5.14. The third-order valence-electron chi connectivity index (χ3n) is 4.12. The van der Waals surface area contributed by atoms with E-state index in [1.807, 2.05) is 36.2 Å². The highest BCUT2D eigenvalue weighted by Crippen LogP contribution is 2.25. The molecule has 0 saturated heterocycles. The number of hydrogen-bond donors (Lipinski definition) is 1. The number of anilines is 1. The molecule has 3 aromatic rings. The molecule has 1 atom stereocenters. The zero-order valence-corrected chi connectivity index (χ0v) is 16.0. The van der Waals surface area contributed by atoms with Crippen LogP contribution in [-0.4, -0.2) is 35.2 Å². The molecule has 0 fully saturated rings. The number of aromatic nitrogens is 1. The lowest BCUT2D eigenvalue weighted by molar-refractivity contribution is -0.274. The number of ether oxygens (including phenoxy) is 1. The molecule has 28 heavy (non-hydrogen) atoms. The molecule has 1 aromatic heterocycles. The number of fused-ring (bicyclic) bond motifs is 1. The summed E-state index contributed by atoms with van der Waals surface area (Å²) in [5.41, 5.74) is 1.31. The molecule has 0 spiro atoms. The summed E-state index contributed by atoms with van der Waals surface area (Å²) in [6.45, 7) is 2.26. The number of carbonyl (C=O) groups excluding carboxylic acids is 1. The second kappa shape index (κ2) is 8.15. The highest BCUT2D eigenvalue weighted by molar-refractivity contribution is 7.18. The van der Waals surface area contributed by atoms with Gasteiger partial charge in [0.15, 0.2) is 0 Å². The Kier molecular flexibility index (Phi) is 5.85. The summed E-state index contributed by atoms with van der Waals surface area (Å²) in [7, 11) is 1.82. The van der Waals surface area contributed by atoms with E-state index in [1.54, 1.807) is 18.3 Å². The Morgan fingerprint density at radius 1 is 1.21 bits per heavy atom. The number of carbonyl (C=O) groups is 1. The lowest BCUT2D eigenvalue weighted by atomic mass is 10.2. The number of hydrogen-bond acceptors (Lipinski definition) is 5. The summed E-state index contributed by atoms with van der Waals surface area (Å²) < 4.78 is 41.5. The normalized spacial score (nSPS) is 12.9. The van der Waals surface area contributed by atoms with Crippen molar-refractivity contribution in [2.75, 3.05) is 12.4 Å². The minimum Gasteiger partial charge on any atom is -0.406 e. The third kappa shape index (κ3) is 5.20. The molecule has 0 saturated carbocycles. The number of benzene rings is 2. The van der Waals surface area contributed by atoms with Crippen LogP contribution in [0, 0.1) is 0 Å². The van der Waals surface area contributed by atoms with Crippen LogP contribution < -0.4 is 10.1 Å². The molecule has 0 aliphatic rings. The monoisotopic (exact) mass is 409 g/mol. The van der Waals surface area contributed by atoms with E-state index in [0.29, 0.717) is 12.2 Å². The minimum absolute atomic E-state index is 0.270. The maximum atomic E-state index is 12.4. The predicted octanol–water partition coefficient (Wildman–Crippen LogP) is 4.65. The highest BCUT2D eigenvalue weighted by Gasteiger charge is 2.31. The van der Waals surface area contributed by atoms with Crippen molar-refractivity contribution in [2.24, 2.45) is 0 Å². The molecule has 9 heteroatoms. The highest BCUT2D eigenvalue weighted by atomic mass is 32.1. The summed E-state index contributed by atoms with van der Waals surface area (Å²) in [4.78, 5) is 18.9. The maximum absolute atomic E-state index is 12.4. The van der Waals surface area contributed by atoms with E-state index in [1.165, 1.54) is 12.1 Å². The number of likely N-dealkylation sites (N-methyl/N-ethyl adjacent to an activating group) is 1. The van der Waals surface area contributed by atoms with Gasteiger partial charge in [-0.25, -0.2) is 4.98 Å². The first kappa shape index (κ1) is 20.1. The van der Waals surface area contributed by atoms with E-state index in [9.17, 15) is 18.0 Å². The molecule has 2 aromatic carbocycles. The van der Waals surface area contributed by atoms with Gasteiger partial charge in [0, 0.05) is 5.69 Å². The van der Waals surface area contributed by atoms with Gasteiger partial charge in [0.2, 0.25) is 5.91 Å². The van der Waals surface area contributed by atoms with Gasteiger partial charge in [-0.1, -0.05) is 12.1 Å². The Balaban J connectivity index is 1.58. The van der Waals surface area contributed by atoms with E-state index in [-0.39, 0.29) is 11.7 Å². The zero-order chi connectivity index (χ0) is 20.3. The lowest BCUT2D eigenvalue weighted by Gasteiger charge is -2.22. The molecule has 1 unspecified atom stereocenters. The van der Waals surface area contributed by atoms with Gasteiger partial charge in [-0.2, -0.15) is 0 Å². The quantitative estimate of drug-likeness (QED) is 0.644. The Hall–Kier alpha value is -2.65. The first-order valence-corrected chi connectivity index (χ1v) is 9.24. The van der Waals surface area contributed by atoms with Gasteiger partial charge in [0.25, 0.3) is 0 Å². The van der Waals surface area contributed by atoms with Gasteiger partial charge in [-0.15, -0.1) is 24.5 Å². The van der Waals surface area contributed by atoms with Crippen LogP contribution in [0.15, 0.2) is 48.5 Å². The van der Waals surface area contributed by atoms with E-state index < -0.39 is 12.4 Å². The number of amides is 1. The molecule has 0 aliphatic heterocycles. The largest absolute Gasteiger partial charge is 0.573 e. The van der Waals surface area contributed by atoms with Gasteiger partial charge in [0.1, 0.15) is 10.8 Å². The van der Waals surface area contributed by atoms with Crippen molar-refractivity contribution < 1.29 is 22.7 Å². The maximum Gasteiger partial charge on any atom is 0.573 e. The van der Waals surface area contributed by atoms with Gasteiger partial charge in [-0.3, -0.25) is 9.69 Å². The smallest absolute Gasteiger partial charge is 0.406 e. The fourth-order valence-corrected chi connectivity index (χ4v) is 3.56. The second-order valence-electron chi connectivity index (χ2n) is 6.23. The van der Waals surface area contributed by atoms with Crippen molar-refractivity contribution in [2.45, 2.75) is 25.9 Å². The fourth-order valence-electron chi connectivity index (χ4n) is 2.52. The molecule has 5 nitrogen and oxygen atoms in total. The summed E-state index contributed by atoms with van der Waals surface area (Å²) in [6, 6.07) is 12.4. The van der Waals surface area contributed by atoms with E-state index in [2.05, 4.69) is 15.0 Å². The molecule has 0 aliphatic carbocycles. The number of para-hydroxylation sites is 1. The number of nitrogens with zero attached hydrogens (tertiary/aromatic N) is 2. The number of rotatable bonds is 6. The van der Waals surface area contributed by atoms with Gasteiger partial charge >= 0.3 is 6.36 Å². The second-order valence-corrected chi connectivity index (χ2v) is 7.34. The summed E-state index contributed by atoms with van der Waals surface area (Å²) in [5, 5.41) is 3.59. The van der Waals surface area contributed by atoms with Crippen LogP contribution in [0.5, 0.6) is 5.75 Å². The van der Waals surface area contributed by atoms with Crippen molar-refractivity contribution in [1.82, 2.24) is 9.88 Å². The van der Waals surface area contributed by atoms with Crippen LogP contribution in [0.3, 0.4) is 0 Å². The molecular weight excluding hydrogens is 391 g/mol. The topological polar surface area (TPSA) is 54.5 Å². The average Bonchev–Trinajstić information content (AvgIpc) is 3.03. The van der Waals surface area contributed by atoms with Crippen molar-refractivity contribution >= 4 is 33.1 Å². The molecule has 1 N–H and O–H groups in total. The SMILES string of the molecule is CC(C(=O)Nc1ccc(OC(F)(F)F)cc1)N(C)Cc1nc2ccccc2s1. The van der Waals surface area contributed by atoms with Crippen LogP contribution in [0.1, 0.15) is 11.9 Å². The average molecular weight is 409 g/mol. The number of nitrogens with one attached hydrogen (secondary N) is 1. The van der Waals surface area contributed by atoms with Crippen LogP contribution in [0.4, 0.5) is 18.9 Å². The summed E-state index contributed by atoms with van der Waals surface area (Å²) in [5.74, 6) is -0.611. The predicted molar refractivity (Wildman–Crippen MR) is 102 cm³/mol. The number of alkyl halides is 3. The molecule has 0 radical (unpaired) electrons. The van der Waals surface area contributed by atoms with Crippen molar-refractivity contribution in [1.29, 1.82) is 0 Å². The zero-order valence-electron chi connectivity index (χ0n) is 15.2. The summed E-state index contributed by atoms with van der Waals surface area (Å²) in [6.07, 6.45) is -4.75. The van der Waals surface area contributed by atoms with Gasteiger partial charge in [-0.05, 0) is 50.4 Å². The van der Waals surface area contributed by atoms with Gasteiger partial charge < -0.3 is 10.1 Å². The first-order valence-electron chi connectivity index (χ1n) is 8.42. The first-order chi connectivity index (χ1) is 13.2.